The molecule has 0 saturated carbocycles. The van der Waals surface area contributed by atoms with Gasteiger partial charge in [-0.2, -0.15) is 0 Å². The molecule has 1 unspecified atom stereocenters. The molecule has 0 radical (unpaired) electrons. The molecule has 3 nitrogen and oxygen atoms in total. The van der Waals surface area contributed by atoms with Crippen LogP contribution in [-0.4, -0.2) is 31.7 Å². The first kappa shape index (κ1) is 8.68. The summed E-state index contributed by atoms with van der Waals surface area (Å²) in [6.45, 7) is 3.61. The molecule has 1 heterocycles. The summed E-state index contributed by atoms with van der Waals surface area (Å²) in [7, 11) is 0. The normalized spacial score (nSPS) is 23.9. The van der Waals surface area contributed by atoms with Gasteiger partial charge < -0.3 is 9.47 Å². The Hall–Kier alpha value is -0.410. The Bertz CT molecular complexity index is 127. The molecule has 0 aromatic heterocycles. The summed E-state index contributed by atoms with van der Waals surface area (Å²) < 4.78 is 10.5. The first-order valence-corrected chi connectivity index (χ1v) is 3.98. The number of carbonyl (C=O) groups excluding carboxylic acids is 1. The van der Waals surface area contributed by atoms with Crippen molar-refractivity contribution in [2.24, 2.45) is 0 Å². The van der Waals surface area contributed by atoms with Gasteiger partial charge in [0.05, 0.1) is 19.3 Å². The molecule has 0 amide bonds. The summed E-state index contributed by atoms with van der Waals surface area (Å²) >= 11 is 0. The molecule has 1 fully saturated rings. The first-order valence-electron chi connectivity index (χ1n) is 3.98. The summed E-state index contributed by atoms with van der Waals surface area (Å²) in [5, 5.41) is 0. The molecule has 0 aromatic carbocycles. The first-order chi connectivity index (χ1) is 5.29. The van der Waals surface area contributed by atoms with Gasteiger partial charge in [-0.25, -0.2) is 0 Å². The van der Waals surface area contributed by atoms with E-state index in [1.54, 1.807) is 6.92 Å². The van der Waals surface area contributed by atoms with E-state index < -0.39 is 0 Å². The third-order valence-electron chi connectivity index (χ3n) is 1.70. The molecule has 0 aromatic rings. The van der Waals surface area contributed by atoms with E-state index in [9.17, 15) is 4.79 Å². The second kappa shape index (κ2) is 4.46. The van der Waals surface area contributed by atoms with Crippen molar-refractivity contribution < 1.29 is 14.3 Å². The maximum atomic E-state index is 10.5. The molecular formula is C8H14O3. The van der Waals surface area contributed by atoms with Crippen LogP contribution < -0.4 is 0 Å². The second-order valence-electron chi connectivity index (χ2n) is 2.81. The average Bonchev–Trinajstić information content (AvgIpc) is 2.39. The van der Waals surface area contributed by atoms with Gasteiger partial charge in [0.2, 0.25) is 0 Å². The fourth-order valence-corrected chi connectivity index (χ4v) is 1.01. The highest BCUT2D eigenvalue weighted by Crippen LogP contribution is 2.07. The summed E-state index contributed by atoms with van der Waals surface area (Å²) in [6.07, 6.45) is 1.73. The molecule has 1 atom stereocenters. The number of ether oxygens (including phenoxy) is 2. The van der Waals surface area contributed by atoms with Gasteiger partial charge in [0.15, 0.2) is 0 Å². The predicted octanol–water partition coefficient (Wildman–Crippen LogP) is 0.771. The number of Topliss-reactive ketones (excluding diaryl/α,β-unsaturated/α-hetero) is 1. The predicted molar refractivity (Wildman–Crippen MR) is 40.5 cm³/mol. The molecule has 1 rings (SSSR count). The van der Waals surface area contributed by atoms with Gasteiger partial charge in [-0.15, -0.1) is 0 Å². The van der Waals surface area contributed by atoms with E-state index in [-0.39, 0.29) is 11.9 Å². The van der Waals surface area contributed by atoms with Gasteiger partial charge >= 0.3 is 0 Å². The van der Waals surface area contributed by atoms with Crippen LogP contribution in [0.25, 0.3) is 0 Å². The number of ketones is 1. The molecule has 11 heavy (non-hydrogen) atoms. The minimum absolute atomic E-state index is 0.184. The maximum Gasteiger partial charge on any atom is 0.132 e. The van der Waals surface area contributed by atoms with E-state index in [0.717, 1.165) is 13.0 Å². The van der Waals surface area contributed by atoms with Crippen molar-refractivity contribution in [2.45, 2.75) is 25.9 Å². The van der Waals surface area contributed by atoms with Crippen molar-refractivity contribution in [1.82, 2.24) is 0 Å². The van der Waals surface area contributed by atoms with Crippen LogP contribution in [0.2, 0.25) is 0 Å². The molecule has 0 aliphatic carbocycles. The SMILES string of the molecule is CC(=O)CCOC1CCOC1. The van der Waals surface area contributed by atoms with Gasteiger partial charge in [0, 0.05) is 13.0 Å². The van der Waals surface area contributed by atoms with Crippen molar-refractivity contribution in [3.05, 3.63) is 0 Å². The molecule has 0 N–H and O–H groups in total. The lowest BCUT2D eigenvalue weighted by atomic mass is 10.3. The Kier molecular flexibility index (Phi) is 3.52. The summed E-state index contributed by atoms with van der Waals surface area (Å²) in [5.41, 5.74) is 0. The summed E-state index contributed by atoms with van der Waals surface area (Å²) in [4.78, 5) is 10.5. The zero-order valence-corrected chi connectivity index (χ0v) is 6.84. The monoisotopic (exact) mass is 158 g/mol. The van der Waals surface area contributed by atoms with Crippen molar-refractivity contribution in [2.75, 3.05) is 19.8 Å². The third-order valence-corrected chi connectivity index (χ3v) is 1.70. The smallest absolute Gasteiger partial charge is 0.132 e. The molecule has 1 saturated heterocycles. The molecule has 1 aliphatic rings. The van der Waals surface area contributed by atoms with E-state index in [2.05, 4.69) is 0 Å². The van der Waals surface area contributed by atoms with Crippen molar-refractivity contribution in [3.8, 4) is 0 Å². The van der Waals surface area contributed by atoms with Crippen LogP contribution in [0.5, 0.6) is 0 Å². The van der Waals surface area contributed by atoms with Crippen molar-refractivity contribution in [1.29, 1.82) is 0 Å². The molecular weight excluding hydrogens is 144 g/mol. The highest BCUT2D eigenvalue weighted by atomic mass is 16.5. The van der Waals surface area contributed by atoms with E-state index >= 15 is 0 Å². The van der Waals surface area contributed by atoms with Crippen LogP contribution in [0.15, 0.2) is 0 Å². The minimum Gasteiger partial charge on any atom is -0.379 e. The van der Waals surface area contributed by atoms with Crippen LogP contribution in [0, 0.1) is 0 Å². The minimum atomic E-state index is 0.184. The van der Waals surface area contributed by atoms with Crippen LogP contribution in [0.3, 0.4) is 0 Å². The highest BCUT2D eigenvalue weighted by molar-refractivity contribution is 5.75. The number of carbonyl (C=O) groups is 1. The standard InChI is InChI=1S/C8H14O3/c1-7(9)2-5-11-8-3-4-10-6-8/h8H,2-6H2,1H3. The molecule has 3 heteroatoms. The third kappa shape index (κ3) is 3.49. The van der Waals surface area contributed by atoms with Crippen LogP contribution in [0.4, 0.5) is 0 Å². The Balaban J connectivity index is 1.98. The zero-order valence-electron chi connectivity index (χ0n) is 6.84. The molecule has 64 valence electrons. The van der Waals surface area contributed by atoms with E-state index in [1.165, 1.54) is 0 Å². The Morgan fingerprint density at radius 1 is 1.73 bits per heavy atom. The van der Waals surface area contributed by atoms with Gasteiger partial charge in [0.25, 0.3) is 0 Å². The van der Waals surface area contributed by atoms with Crippen LogP contribution in [-0.2, 0) is 14.3 Å². The lowest BCUT2D eigenvalue weighted by Gasteiger charge is -2.07. The Morgan fingerprint density at radius 3 is 3.09 bits per heavy atom. The average molecular weight is 158 g/mol. The molecule has 0 bridgehead atoms. The summed E-state index contributed by atoms with van der Waals surface area (Å²) in [5.74, 6) is 0.184. The number of hydrogen-bond donors (Lipinski definition) is 0. The largest absolute Gasteiger partial charge is 0.379 e. The van der Waals surface area contributed by atoms with E-state index in [4.69, 9.17) is 9.47 Å². The van der Waals surface area contributed by atoms with E-state index in [0.29, 0.717) is 19.6 Å². The Morgan fingerprint density at radius 2 is 2.55 bits per heavy atom. The zero-order chi connectivity index (χ0) is 8.10. The van der Waals surface area contributed by atoms with E-state index in [1.807, 2.05) is 0 Å². The van der Waals surface area contributed by atoms with Gasteiger partial charge in [-0.3, -0.25) is 4.79 Å². The van der Waals surface area contributed by atoms with Crippen LogP contribution in [0.1, 0.15) is 19.8 Å². The van der Waals surface area contributed by atoms with Gasteiger partial charge in [-0.1, -0.05) is 0 Å². The fourth-order valence-electron chi connectivity index (χ4n) is 1.01. The van der Waals surface area contributed by atoms with Crippen molar-refractivity contribution in [3.63, 3.8) is 0 Å². The quantitative estimate of drug-likeness (QED) is 0.606. The van der Waals surface area contributed by atoms with Crippen molar-refractivity contribution >= 4 is 5.78 Å². The van der Waals surface area contributed by atoms with Crippen LogP contribution >= 0.6 is 0 Å². The highest BCUT2D eigenvalue weighted by Gasteiger charge is 2.15. The number of hydrogen-bond acceptors (Lipinski definition) is 3. The number of rotatable bonds is 4. The maximum absolute atomic E-state index is 10.5. The molecule has 0 spiro atoms. The lowest BCUT2D eigenvalue weighted by Crippen LogP contribution is -2.14. The summed E-state index contributed by atoms with van der Waals surface area (Å²) in [6, 6.07) is 0. The second-order valence-corrected chi connectivity index (χ2v) is 2.81. The lowest BCUT2D eigenvalue weighted by molar-refractivity contribution is -0.118. The van der Waals surface area contributed by atoms with Gasteiger partial charge in [0.1, 0.15) is 5.78 Å². The Labute approximate surface area is 66.7 Å². The fraction of sp³-hybridized carbons (Fsp3) is 0.875. The van der Waals surface area contributed by atoms with Gasteiger partial charge in [-0.05, 0) is 13.3 Å². The topological polar surface area (TPSA) is 35.5 Å². The molecule has 1 aliphatic heterocycles.